The molecule has 1 aromatic heterocycles. The Kier molecular flexibility index (Phi) is 5.78. The van der Waals surface area contributed by atoms with Gasteiger partial charge in [-0.2, -0.15) is 0 Å². The summed E-state index contributed by atoms with van der Waals surface area (Å²) < 4.78 is 27.2. The number of halogens is 2. The Morgan fingerprint density at radius 1 is 1.20 bits per heavy atom. The van der Waals surface area contributed by atoms with Gasteiger partial charge >= 0.3 is 0 Å². The van der Waals surface area contributed by atoms with Gasteiger partial charge in [0.2, 0.25) is 5.92 Å². The number of nitrogens with zero attached hydrogens (tertiary/aromatic N) is 1. The van der Waals surface area contributed by atoms with Crippen LogP contribution in [0.25, 0.3) is 0 Å². The molecule has 0 bridgehead atoms. The van der Waals surface area contributed by atoms with Crippen molar-refractivity contribution in [2.75, 3.05) is 5.01 Å². The van der Waals surface area contributed by atoms with Crippen molar-refractivity contribution in [1.82, 2.24) is 5.43 Å². The van der Waals surface area contributed by atoms with Crippen LogP contribution in [0.5, 0.6) is 0 Å². The minimum absolute atomic E-state index is 0.0201. The number of carbonyl (C=O) groups excluding carboxylic acids is 1. The van der Waals surface area contributed by atoms with Gasteiger partial charge in [0.15, 0.2) is 5.78 Å². The van der Waals surface area contributed by atoms with Gasteiger partial charge in [0, 0.05) is 31.8 Å². The molecule has 1 aromatic rings. The minimum Gasteiger partial charge on any atom is -0.304 e. The van der Waals surface area contributed by atoms with Gasteiger partial charge in [0.25, 0.3) is 0 Å². The summed E-state index contributed by atoms with van der Waals surface area (Å²) in [5.74, 6) is -1.75. The molecule has 1 heterocycles. The highest BCUT2D eigenvalue weighted by Gasteiger charge is 2.38. The molecule has 3 nitrogen and oxygen atoms in total. The van der Waals surface area contributed by atoms with E-state index < -0.39 is 5.92 Å². The molecule has 2 saturated carbocycles. The van der Waals surface area contributed by atoms with Crippen LogP contribution in [0, 0.1) is 5.92 Å². The predicted octanol–water partition coefficient (Wildman–Crippen LogP) is 5.42. The van der Waals surface area contributed by atoms with E-state index in [-0.39, 0.29) is 24.7 Å². The van der Waals surface area contributed by atoms with E-state index in [1.807, 2.05) is 11.4 Å². The third-order valence-corrected chi connectivity index (χ3v) is 6.62. The molecule has 0 unspecified atom stereocenters. The fourth-order valence-corrected chi connectivity index (χ4v) is 4.78. The molecule has 2 aliphatic carbocycles. The zero-order chi connectivity index (χ0) is 18.0. The van der Waals surface area contributed by atoms with E-state index in [1.165, 1.54) is 24.2 Å². The summed E-state index contributed by atoms with van der Waals surface area (Å²) >= 11 is 1.43. The van der Waals surface area contributed by atoms with E-state index in [4.69, 9.17) is 0 Å². The molecule has 25 heavy (non-hydrogen) atoms. The van der Waals surface area contributed by atoms with Crippen molar-refractivity contribution >= 4 is 22.8 Å². The van der Waals surface area contributed by atoms with Crippen LogP contribution >= 0.6 is 11.3 Å². The number of alkyl halides is 2. The highest BCUT2D eigenvalue weighted by molar-refractivity contribution is 7.12. The van der Waals surface area contributed by atoms with Crippen LogP contribution < -0.4 is 10.4 Å². The Balaban J connectivity index is 1.78. The van der Waals surface area contributed by atoms with Crippen LogP contribution in [-0.4, -0.2) is 23.8 Å². The molecule has 0 saturated heterocycles. The molecule has 0 spiro atoms. The third-order valence-electron chi connectivity index (χ3n) is 5.61. The van der Waals surface area contributed by atoms with E-state index >= 15 is 0 Å². The summed E-state index contributed by atoms with van der Waals surface area (Å²) in [5, 5.41) is 3.98. The van der Waals surface area contributed by atoms with Crippen molar-refractivity contribution in [3.8, 4) is 0 Å². The second kappa shape index (κ2) is 7.70. The van der Waals surface area contributed by atoms with Crippen molar-refractivity contribution in [3.05, 3.63) is 16.3 Å². The average molecular weight is 371 g/mol. The van der Waals surface area contributed by atoms with Crippen LogP contribution in [0.3, 0.4) is 0 Å². The number of rotatable bonds is 5. The Bertz CT molecular complexity index is 586. The number of Topliss-reactive ketones (excluding diaryl/α,β-unsaturated/α-hetero) is 1. The highest BCUT2D eigenvalue weighted by Crippen LogP contribution is 2.38. The Hall–Kier alpha value is -1.01. The number of thiophene rings is 1. The molecule has 0 aromatic carbocycles. The summed E-state index contributed by atoms with van der Waals surface area (Å²) in [6.45, 7) is 3.86. The van der Waals surface area contributed by atoms with Gasteiger partial charge in [-0.3, -0.25) is 4.79 Å². The topological polar surface area (TPSA) is 32.3 Å². The standard InChI is InChI=1S/C19H28F2N2OS/c1-13-3-5-15(6-4-13)22-23(16-7-10-19(20,21)11-8-16)17-9-12-25-18(17)14(2)24/h9,12-13,15-16,22H,3-8,10-11H2,1-2H3. The maximum absolute atomic E-state index is 13.6. The normalized spacial score (nSPS) is 27.2. The van der Waals surface area contributed by atoms with Crippen LogP contribution in [0.15, 0.2) is 11.4 Å². The van der Waals surface area contributed by atoms with E-state index in [0.29, 0.717) is 23.8 Å². The molecular weight excluding hydrogens is 342 g/mol. The van der Waals surface area contributed by atoms with E-state index in [9.17, 15) is 13.6 Å². The van der Waals surface area contributed by atoms with Crippen LogP contribution in [-0.2, 0) is 0 Å². The Morgan fingerprint density at radius 3 is 2.44 bits per heavy atom. The molecule has 6 heteroatoms. The number of carbonyl (C=O) groups is 1. The summed E-state index contributed by atoms with van der Waals surface area (Å²) in [7, 11) is 0. The number of hydrogen-bond donors (Lipinski definition) is 1. The summed E-state index contributed by atoms with van der Waals surface area (Å²) in [6, 6.07) is 2.33. The number of ketones is 1. The predicted molar refractivity (Wildman–Crippen MR) is 98.6 cm³/mol. The second-order valence-corrected chi connectivity index (χ2v) is 8.65. The monoisotopic (exact) mass is 370 g/mol. The molecule has 0 radical (unpaired) electrons. The largest absolute Gasteiger partial charge is 0.304 e. The number of anilines is 1. The lowest BCUT2D eigenvalue weighted by Gasteiger charge is -2.41. The van der Waals surface area contributed by atoms with Crippen LogP contribution in [0.1, 0.15) is 74.9 Å². The van der Waals surface area contributed by atoms with Crippen molar-refractivity contribution < 1.29 is 13.6 Å². The van der Waals surface area contributed by atoms with E-state index in [2.05, 4.69) is 17.4 Å². The lowest BCUT2D eigenvalue weighted by molar-refractivity contribution is -0.0390. The van der Waals surface area contributed by atoms with Gasteiger partial charge in [-0.15, -0.1) is 11.3 Å². The highest BCUT2D eigenvalue weighted by atomic mass is 32.1. The third kappa shape index (κ3) is 4.59. The molecule has 2 aliphatic rings. The smallest absolute Gasteiger partial charge is 0.248 e. The first-order chi connectivity index (χ1) is 11.9. The lowest BCUT2D eigenvalue weighted by atomic mass is 9.87. The van der Waals surface area contributed by atoms with Crippen molar-refractivity contribution in [2.24, 2.45) is 5.92 Å². The molecule has 2 fully saturated rings. The zero-order valence-corrected chi connectivity index (χ0v) is 15.9. The zero-order valence-electron chi connectivity index (χ0n) is 15.1. The fraction of sp³-hybridized carbons (Fsp3) is 0.737. The average Bonchev–Trinajstić information content (AvgIpc) is 3.04. The number of hydrazine groups is 1. The summed E-state index contributed by atoms with van der Waals surface area (Å²) in [4.78, 5) is 12.7. The first-order valence-electron chi connectivity index (χ1n) is 9.37. The Labute approximate surface area is 152 Å². The molecule has 3 rings (SSSR count). The van der Waals surface area contributed by atoms with E-state index in [1.54, 1.807) is 6.92 Å². The van der Waals surface area contributed by atoms with Crippen LogP contribution in [0.2, 0.25) is 0 Å². The molecular formula is C19H28F2N2OS. The van der Waals surface area contributed by atoms with Crippen LogP contribution in [0.4, 0.5) is 14.5 Å². The van der Waals surface area contributed by atoms with Gasteiger partial charge in [-0.1, -0.05) is 6.92 Å². The summed E-state index contributed by atoms with van der Waals surface area (Å²) in [6.07, 6.45) is 5.34. The lowest BCUT2D eigenvalue weighted by Crippen LogP contribution is -2.53. The van der Waals surface area contributed by atoms with Gasteiger partial charge in [0.05, 0.1) is 10.6 Å². The van der Waals surface area contributed by atoms with Gasteiger partial charge in [-0.05, 0) is 55.9 Å². The molecule has 0 atom stereocenters. The quantitative estimate of drug-likeness (QED) is 0.555. The maximum Gasteiger partial charge on any atom is 0.248 e. The SMILES string of the molecule is CC(=O)c1sccc1N(NC1CCC(C)CC1)C1CCC(F)(F)CC1. The minimum atomic E-state index is -2.54. The maximum atomic E-state index is 13.6. The first kappa shape index (κ1) is 18.8. The van der Waals surface area contributed by atoms with E-state index in [0.717, 1.165) is 24.4 Å². The van der Waals surface area contributed by atoms with Gasteiger partial charge < -0.3 is 5.01 Å². The van der Waals surface area contributed by atoms with Gasteiger partial charge in [-0.25, -0.2) is 14.2 Å². The molecule has 0 amide bonds. The van der Waals surface area contributed by atoms with Gasteiger partial charge in [0.1, 0.15) is 0 Å². The molecule has 140 valence electrons. The van der Waals surface area contributed by atoms with Crippen molar-refractivity contribution in [2.45, 2.75) is 83.2 Å². The summed E-state index contributed by atoms with van der Waals surface area (Å²) in [5.41, 5.74) is 4.48. The number of hydrogen-bond acceptors (Lipinski definition) is 4. The van der Waals surface area contributed by atoms with Crippen molar-refractivity contribution in [1.29, 1.82) is 0 Å². The fourth-order valence-electron chi connectivity index (χ4n) is 4.00. The van der Waals surface area contributed by atoms with Crippen molar-refractivity contribution in [3.63, 3.8) is 0 Å². The molecule has 1 N–H and O–H groups in total. The number of nitrogens with one attached hydrogen (secondary N) is 1. The Morgan fingerprint density at radius 2 is 1.84 bits per heavy atom. The second-order valence-electron chi connectivity index (χ2n) is 7.73. The molecule has 0 aliphatic heterocycles. The first-order valence-corrected chi connectivity index (χ1v) is 10.3.